The molecule has 0 spiro atoms. The van der Waals surface area contributed by atoms with Crippen LogP contribution in [-0.4, -0.2) is 66.2 Å². The number of rotatable bonds is 3. The van der Waals surface area contributed by atoms with Crippen molar-refractivity contribution in [1.29, 1.82) is 0 Å². The van der Waals surface area contributed by atoms with E-state index in [0.717, 1.165) is 50.9 Å². The Hall–Kier alpha value is -1.63. The summed E-state index contributed by atoms with van der Waals surface area (Å²) in [6.45, 7) is 3.99. The predicted octanol–water partition coefficient (Wildman–Crippen LogP) is 0.584. The first-order valence-corrected chi connectivity index (χ1v) is 7.81. The van der Waals surface area contributed by atoms with Crippen molar-refractivity contribution < 1.29 is 0 Å². The normalized spacial score (nSPS) is 20.5. The van der Waals surface area contributed by atoms with Gasteiger partial charge in [0.05, 0.1) is 0 Å². The molecule has 3 heterocycles. The highest BCUT2D eigenvalue weighted by molar-refractivity contribution is 5.44. The Kier molecular flexibility index (Phi) is 4.10. The van der Waals surface area contributed by atoms with E-state index in [1.165, 1.54) is 12.8 Å². The van der Waals surface area contributed by atoms with E-state index in [-0.39, 0.29) is 0 Å². The molecule has 0 atom stereocenters. The van der Waals surface area contributed by atoms with Gasteiger partial charge in [-0.3, -0.25) is 0 Å². The van der Waals surface area contributed by atoms with Crippen LogP contribution in [0.1, 0.15) is 25.7 Å². The number of aromatic nitrogens is 3. The molecule has 0 saturated carbocycles. The Bertz CT molecular complexity index is 476. The maximum atomic E-state index is 5.89. The number of nitrogen functional groups attached to an aromatic ring is 1. The second kappa shape index (κ2) is 6.01. The molecule has 7 heteroatoms. The van der Waals surface area contributed by atoms with Crippen LogP contribution >= 0.6 is 0 Å². The molecule has 7 nitrogen and oxygen atoms in total. The van der Waals surface area contributed by atoms with Gasteiger partial charge in [0.1, 0.15) is 0 Å². The molecule has 21 heavy (non-hydrogen) atoms. The van der Waals surface area contributed by atoms with Crippen molar-refractivity contribution in [3.05, 3.63) is 0 Å². The second-order valence-electron chi connectivity index (χ2n) is 6.17. The van der Waals surface area contributed by atoms with Gasteiger partial charge in [0.15, 0.2) is 0 Å². The van der Waals surface area contributed by atoms with Gasteiger partial charge in [-0.25, -0.2) is 0 Å². The molecule has 1 aromatic rings. The smallest absolute Gasteiger partial charge is 0.231 e. The van der Waals surface area contributed by atoms with E-state index in [1.54, 1.807) is 0 Å². The zero-order chi connectivity index (χ0) is 14.8. The first kappa shape index (κ1) is 14.3. The van der Waals surface area contributed by atoms with Crippen LogP contribution in [0.2, 0.25) is 0 Å². The van der Waals surface area contributed by atoms with Crippen LogP contribution in [0.5, 0.6) is 0 Å². The van der Waals surface area contributed by atoms with Crippen molar-refractivity contribution in [3.8, 4) is 0 Å². The summed E-state index contributed by atoms with van der Waals surface area (Å²) in [6, 6.07) is 0.651. The Labute approximate surface area is 126 Å². The minimum Gasteiger partial charge on any atom is -0.368 e. The summed E-state index contributed by atoms with van der Waals surface area (Å²) in [4.78, 5) is 20.0. The fourth-order valence-corrected chi connectivity index (χ4v) is 3.15. The summed E-state index contributed by atoms with van der Waals surface area (Å²) in [5.74, 6) is 1.81. The number of piperidine rings is 1. The maximum absolute atomic E-state index is 5.89. The monoisotopic (exact) mass is 291 g/mol. The van der Waals surface area contributed by atoms with Crippen LogP contribution in [0.15, 0.2) is 0 Å². The molecular formula is C14H25N7. The minimum absolute atomic E-state index is 0.330. The lowest BCUT2D eigenvalue weighted by molar-refractivity contribution is 0.249. The van der Waals surface area contributed by atoms with E-state index >= 15 is 0 Å². The first-order valence-electron chi connectivity index (χ1n) is 7.81. The lowest BCUT2D eigenvalue weighted by Gasteiger charge is -2.35. The number of hydrogen-bond donors (Lipinski definition) is 1. The molecule has 2 fully saturated rings. The summed E-state index contributed by atoms with van der Waals surface area (Å²) in [6.07, 6.45) is 4.68. The van der Waals surface area contributed by atoms with E-state index < -0.39 is 0 Å². The number of anilines is 3. The largest absolute Gasteiger partial charge is 0.368 e. The van der Waals surface area contributed by atoms with E-state index in [1.807, 2.05) is 0 Å². The summed E-state index contributed by atoms with van der Waals surface area (Å²) in [5.41, 5.74) is 5.89. The fraction of sp³-hybridized carbons (Fsp3) is 0.786. The van der Waals surface area contributed by atoms with Crippen LogP contribution in [0.4, 0.5) is 17.8 Å². The van der Waals surface area contributed by atoms with E-state index in [9.17, 15) is 0 Å². The van der Waals surface area contributed by atoms with Crippen LogP contribution in [-0.2, 0) is 0 Å². The molecule has 116 valence electrons. The summed E-state index contributed by atoms with van der Waals surface area (Å²) >= 11 is 0. The summed E-state index contributed by atoms with van der Waals surface area (Å²) in [7, 11) is 4.29. The van der Waals surface area contributed by atoms with Crippen molar-refractivity contribution in [2.24, 2.45) is 0 Å². The highest BCUT2D eigenvalue weighted by Gasteiger charge is 2.24. The predicted molar refractivity (Wildman–Crippen MR) is 84.6 cm³/mol. The van der Waals surface area contributed by atoms with Crippen LogP contribution < -0.4 is 15.5 Å². The van der Waals surface area contributed by atoms with Gasteiger partial charge >= 0.3 is 0 Å². The zero-order valence-corrected chi connectivity index (χ0v) is 13.0. The van der Waals surface area contributed by atoms with Crippen molar-refractivity contribution >= 4 is 17.8 Å². The molecule has 2 aliphatic heterocycles. The fourth-order valence-electron chi connectivity index (χ4n) is 3.15. The van der Waals surface area contributed by atoms with Gasteiger partial charge in [0.25, 0.3) is 0 Å². The van der Waals surface area contributed by atoms with Gasteiger partial charge < -0.3 is 20.4 Å². The van der Waals surface area contributed by atoms with Crippen molar-refractivity contribution in [2.75, 3.05) is 55.8 Å². The molecule has 0 aromatic carbocycles. The maximum Gasteiger partial charge on any atom is 0.231 e. The van der Waals surface area contributed by atoms with Crippen LogP contribution in [0.3, 0.4) is 0 Å². The Balaban J connectivity index is 1.73. The number of nitrogens with two attached hydrogens (primary N) is 1. The molecule has 2 saturated heterocycles. The SMILES string of the molecule is CN(C)C1CCN(c2nc(N)nc(N3CCCC3)n2)CC1. The number of nitrogens with zero attached hydrogens (tertiary/aromatic N) is 6. The van der Waals surface area contributed by atoms with Crippen molar-refractivity contribution in [2.45, 2.75) is 31.7 Å². The Morgan fingerprint density at radius 2 is 1.43 bits per heavy atom. The quantitative estimate of drug-likeness (QED) is 0.873. The third kappa shape index (κ3) is 3.18. The summed E-state index contributed by atoms with van der Waals surface area (Å²) < 4.78 is 0. The highest BCUT2D eigenvalue weighted by Crippen LogP contribution is 2.22. The molecule has 0 aliphatic carbocycles. The molecule has 0 amide bonds. The lowest BCUT2D eigenvalue weighted by atomic mass is 10.0. The molecule has 2 aliphatic rings. The van der Waals surface area contributed by atoms with Gasteiger partial charge in [-0.05, 0) is 39.8 Å². The first-order chi connectivity index (χ1) is 10.1. The van der Waals surface area contributed by atoms with Crippen LogP contribution in [0, 0.1) is 0 Å². The average molecular weight is 291 g/mol. The highest BCUT2D eigenvalue weighted by atomic mass is 15.4. The third-order valence-corrected chi connectivity index (χ3v) is 4.50. The van der Waals surface area contributed by atoms with E-state index in [4.69, 9.17) is 5.73 Å². The zero-order valence-electron chi connectivity index (χ0n) is 13.0. The molecule has 0 bridgehead atoms. The van der Waals surface area contributed by atoms with Crippen LogP contribution in [0.25, 0.3) is 0 Å². The third-order valence-electron chi connectivity index (χ3n) is 4.50. The van der Waals surface area contributed by atoms with E-state index in [2.05, 4.69) is 43.7 Å². The van der Waals surface area contributed by atoms with Crippen molar-refractivity contribution in [3.63, 3.8) is 0 Å². The molecular weight excluding hydrogens is 266 g/mol. The van der Waals surface area contributed by atoms with E-state index in [0.29, 0.717) is 12.0 Å². The van der Waals surface area contributed by atoms with Crippen molar-refractivity contribution in [1.82, 2.24) is 19.9 Å². The standard InChI is InChI=1S/C14H25N7/c1-19(2)11-5-9-21(10-6-11)14-17-12(15)16-13(18-14)20-7-3-4-8-20/h11H,3-10H2,1-2H3,(H2,15,16,17,18). The van der Waals surface area contributed by atoms with Gasteiger partial charge in [-0.2, -0.15) is 15.0 Å². The number of hydrogen-bond acceptors (Lipinski definition) is 7. The van der Waals surface area contributed by atoms with Gasteiger partial charge in [-0.1, -0.05) is 0 Å². The lowest BCUT2D eigenvalue weighted by Crippen LogP contribution is -2.42. The Morgan fingerprint density at radius 1 is 0.905 bits per heavy atom. The topological polar surface area (TPSA) is 74.4 Å². The Morgan fingerprint density at radius 3 is 1.95 bits per heavy atom. The van der Waals surface area contributed by atoms with Gasteiger partial charge in [0, 0.05) is 32.2 Å². The molecule has 0 radical (unpaired) electrons. The molecule has 3 rings (SSSR count). The van der Waals surface area contributed by atoms with Gasteiger partial charge in [-0.15, -0.1) is 0 Å². The summed E-state index contributed by atoms with van der Waals surface area (Å²) in [5, 5.41) is 0. The minimum atomic E-state index is 0.330. The molecule has 2 N–H and O–H groups in total. The molecule has 1 aromatic heterocycles. The average Bonchev–Trinajstić information content (AvgIpc) is 3.01. The van der Waals surface area contributed by atoms with Gasteiger partial charge in [0.2, 0.25) is 17.8 Å². The second-order valence-corrected chi connectivity index (χ2v) is 6.17. The molecule has 0 unspecified atom stereocenters.